The van der Waals surface area contributed by atoms with E-state index >= 15 is 0 Å². The summed E-state index contributed by atoms with van der Waals surface area (Å²) in [5, 5.41) is 3.11. The number of piperidine rings is 1. The summed E-state index contributed by atoms with van der Waals surface area (Å²) in [5.41, 5.74) is 3.10. The first-order valence-electron chi connectivity index (χ1n) is 12.5. The topological polar surface area (TPSA) is 66.8 Å². The summed E-state index contributed by atoms with van der Waals surface area (Å²) >= 11 is 0. The fourth-order valence-corrected chi connectivity index (χ4v) is 4.90. The molecule has 1 fully saturated rings. The van der Waals surface area contributed by atoms with Gasteiger partial charge in [-0.1, -0.05) is 24.3 Å². The smallest absolute Gasteiger partial charge is 0.410 e. The first-order chi connectivity index (χ1) is 16.3. The van der Waals surface area contributed by atoms with Crippen LogP contribution in [0.2, 0.25) is 0 Å². The Bertz CT molecular complexity index is 986. The van der Waals surface area contributed by atoms with Crippen molar-refractivity contribution < 1.29 is 14.3 Å². The van der Waals surface area contributed by atoms with Crippen LogP contribution in [0, 0.1) is 0 Å². The molecule has 2 aliphatic heterocycles. The molecule has 1 aromatic heterocycles. The number of fused-ring (bicyclic) bond motifs is 1. The third-order valence-corrected chi connectivity index (χ3v) is 6.67. The standard InChI is InChI=1S/C27H38N4O3/c1-27(2,3)34-26(33)30-18-12-23(13-19-30)31-16-6-10-24(31)25(32)28-14-7-15-29-17-11-21-8-4-5-9-22(21)20-29/h4-6,8-10,16,23H,7,11-15,17-20H2,1-3H3,(H,28,32). The number of amides is 2. The molecule has 0 bridgehead atoms. The van der Waals surface area contributed by atoms with Crippen LogP contribution in [0.25, 0.3) is 0 Å². The van der Waals surface area contributed by atoms with Gasteiger partial charge in [0.25, 0.3) is 5.91 Å². The zero-order valence-electron chi connectivity index (χ0n) is 20.8. The largest absolute Gasteiger partial charge is 0.444 e. The molecule has 0 atom stereocenters. The first kappa shape index (κ1) is 24.3. The fraction of sp³-hybridized carbons (Fsp3) is 0.556. The van der Waals surface area contributed by atoms with Gasteiger partial charge in [-0.15, -0.1) is 0 Å². The number of carbonyl (C=O) groups is 2. The number of rotatable bonds is 6. The van der Waals surface area contributed by atoms with Crippen LogP contribution in [0.5, 0.6) is 0 Å². The molecule has 7 heteroatoms. The van der Waals surface area contributed by atoms with Gasteiger partial charge in [-0.3, -0.25) is 9.69 Å². The van der Waals surface area contributed by atoms with Crippen LogP contribution in [-0.4, -0.2) is 64.7 Å². The van der Waals surface area contributed by atoms with Gasteiger partial charge < -0.3 is 19.5 Å². The molecule has 0 radical (unpaired) electrons. The lowest BCUT2D eigenvalue weighted by Gasteiger charge is -2.34. The lowest BCUT2D eigenvalue weighted by atomic mass is 10.00. The third-order valence-electron chi connectivity index (χ3n) is 6.67. The molecular weight excluding hydrogens is 428 g/mol. The number of nitrogens with zero attached hydrogens (tertiary/aromatic N) is 3. The van der Waals surface area contributed by atoms with E-state index in [0.717, 1.165) is 45.3 Å². The SMILES string of the molecule is CC(C)(C)OC(=O)N1CCC(n2cccc2C(=O)NCCCN2CCc3ccccc3C2)CC1. The summed E-state index contributed by atoms with van der Waals surface area (Å²) in [7, 11) is 0. The molecule has 1 aromatic carbocycles. The van der Waals surface area contributed by atoms with Crippen LogP contribution < -0.4 is 5.32 Å². The molecule has 184 valence electrons. The Morgan fingerprint density at radius 1 is 1.03 bits per heavy atom. The predicted octanol–water partition coefficient (Wildman–Crippen LogP) is 4.24. The van der Waals surface area contributed by atoms with Crippen molar-refractivity contribution in [2.75, 3.05) is 32.7 Å². The number of hydrogen-bond donors (Lipinski definition) is 1. The Labute approximate surface area is 203 Å². The minimum absolute atomic E-state index is 0.0245. The van der Waals surface area contributed by atoms with Crippen molar-refractivity contribution in [3.8, 4) is 0 Å². The highest BCUT2D eigenvalue weighted by Gasteiger charge is 2.28. The van der Waals surface area contributed by atoms with Gasteiger partial charge in [0.15, 0.2) is 0 Å². The summed E-state index contributed by atoms with van der Waals surface area (Å²) < 4.78 is 7.57. The average Bonchev–Trinajstić information content (AvgIpc) is 3.31. The first-order valence-corrected chi connectivity index (χ1v) is 12.5. The van der Waals surface area contributed by atoms with Gasteiger partial charge in [0.1, 0.15) is 11.3 Å². The van der Waals surface area contributed by atoms with E-state index in [-0.39, 0.29) is 18.0 Å². The Hall–Kier alpha value is -2.80. The summed E-state index contributed by atoms with van der Waals surface area (Å²) in [5.74, 6) is -0.0245. The molecule has 34 heavy (non-hydrogen) atoms. The summed E-state index contributed by atoms with van der Waals surface area (Å²) in [6, 6.07) is 12.7. The minimum atomic E-state index is -0.488. The molecule has 0 saturated carbocycles. The molecule has 0 spiro atoms. The fourth-order valence-electron chi connectivity index (χ4n) is 4.90. The number of hydrogen-bond acceptors (Lipinski definition) is 4. The van der Waals surface area contributed by atoms with E-state index in [1.165, 1.54) is 11.1 Å². The molecule has 2 aliphatic rings. The van der Waals surface area contributed by atoms with Crippen molar-refractivity contribution in [2.45, 2.75) is 64.6 Å². The maximum atomic E-state index is 12.9. The van der Waals surface area contributed by atoms with Crippen LogP contribution in [-0.2, 0) is 17.7 Å². The van der Waals surface area contributed by atoms with Crippen LogP contribution in [0.3, 0.4) is 0 Å². The number of ether oxygens (including phenoxy) is 1. The predicted molar refractivity (Wildman–Crippen MR) is 133 cm³/mol. The van der Waals surface area contributed by atoms with Crippen LogP contribution in [0.15, 0.2) is 42.6 Å². The van der Waals surface area contributed by atoms with Crippen LogP contribution in [0.4, 0.5) is 4.79 Å². The normalized spacial score (nSPS) is 17.3. The maximum absolute atomic E-state index is 12.9. The lowest BCUT2D eigenvalue weighted by Crippen LogP contribution is -2.42. The third kappa shape index (κ3) is 6.20. The average molecular weight is 467 g/mol. The van der Waals surface area contributed by atoms with E-state index in [4.69, 9.17) is 4.74 Å². The van der Waals surface area contributed by atoms with Crippen molar-refractivity contribution in [1.82, 2.24) is 19.7 Å². The van der Waals surface area contributed by atoms with Gasteiger partial charge in [0.2, 0.25) is 0 Å². The number of aromatic nitrogens is 1. The second kappa shape index (κ2) is 10.6. The molecule has 0 unspecified atom stereocenters. The van der Waals surface area contributed by atoms with Crippen LogP contribution in [0.1, 0.15) is 67.7 Å². The van der Waals surface area contributed by atoms with Crippen molar-refractivity contribution in [3.63, 3.8) is 0 Å². The highest BCUT2D eigenvalue weighted by molar-refractivity contribution is 5.92. The van der Waals surface area contributed by atoms with Gasteiger partial charge >= 0.3 is 6.09 Å². The van der Waals surface area contributed by atoms with Crippen molar-refractivity contribution in [1.29, 1.82) is 0 Å². The molecule has 4 rings (SSSR count). The van der Waals surface area contributed by atoms with E-state index in [9.17, 15) is 9.59 Å². The summed E-state index contributed by atoms with van der Waals surface area (Å²) in [4.78, 5) is 29.5. The second-order valence-corrected chi connectivity index (χ2v) is 10.4. The zero-order chi connectivity index (χ0) is 24.1. The van der Waals surface area contributed by atoms with Crippen molar-refractivity contribution in [2.24, 2.45) is 0 Å². The Morgan fingerprint density at radius 3 is 2.50 bits per heavy atom. The Kier molecular flexibility index (Phi) is 7.61. The summed E-state index contributed by atoms with van der Waals surface area (Å²) in [6.07, 6.45) is 5.38. The van der Waals surface area contributed by atoms with Crippen LogP contribution >= 0.6 is 0 Å². The van der Waals surface area contributed by atoms with Crippen molar-refractivity contribution >= 4 is 12.0 Å². The number of benzene rings is 1. The van der Waals surface area contributed by atoms with E-state index in [1.807, 2.05) is 39.1 Å². The van der Waals surface area contributed by atoms with Gasteiger partial charge in [-0.05, 0) is 69.7 Å². The zero-order valence-corrected chi connectivity index (χ0v) is 20.8. The molecule has 3 heterocycles. The van der Waals surface area contributed by atoms with E-state index in [1.54, 1.807) is 4.90 Å². The Balaban J connectivity index is 1.21. The van der Waals surface area contributed by atoms with E-state index in [2.05, 4.69) is 39.0 Å². The quantitative estimate of drug-likeness (QED) is 0.647. The maximum Gasteiger partial charge on any atom is 0.410 e. The van der Waals surface area contributed by atoms with Gasteiger partial charge in [-0.25, -0.2) is 4.79 Å². The monoisotopic (exact) mass is 466 g/mol. The minimum Gasteiger partial charge on any atom is -0.444 e. The van der Waals surface area contributed by atoms with E-state index in [0.29, 0.717) is 25.3 Å². The molecule has 1 N–H and O–H groups in total. The van der Waals surface area contributed by atoms with Crippen molar-refractivity contribution in [3.05, 3.63) is 59.4 Å². The molecule has 2 aromatic rings. The number of nitrogens with one attached hydrogen (secondary N) is 1. The Morgan fingerprint density at radius 2 is 1.76 bits per heavy atom. The molecular formula is C27H38N4O3. The van der Waals surface area contributed by atoms with Gasteiger partial charge in [0, 0.05) is 51.5 Å². The van der Waals surface area contributed by atoms with Gasteiger partial charge in [0.05, 0.1) is 0 Å². The number of likely N-dealkylation sites (tertiary alicyclic amines) is 1. The highest BCUT2D eigenvalue weighted by atomic mass is 16.6. The lowest BCUT2D eigenvalue weighted by molar-refractivity contribution is 0.0187. The second-order valence-electron chi connectivity index (χ2n) is 10.4. The highest BCUT2D eigenvalue weighted by Crippen LogP contribution is 2.26. The molecule has 2 amide bonds. The molecule has 1 saturated heterocycles. The number of carbonyl (C=O) groups excluding carboxylic acids is 2. The van der Waals surface area contributed by atoms with Gasteiger partial charge in [-0.2, -0.15) is 0 Å². The molecule has 7 nitrogen and oxygen atoms in total. The van der Waals surface area contributed by atoms with E-state index < -0.39 is 5.60 Å². The summed E-state index contributed by atoms with van der Waals surface area (Å²) in [6.45, 7) is 10.6. The molecule has 0 aliphatic carbocycles.